The quantitative estimate of drug-likeness (QED) is 0.668. The maximum Gasteiger partial charge on any atom is 0.387 e. The predicted molar refractivity (Wildman–Crippen MR) is 97.7 cm³/mol. The van der Waals surface area contributed by atoms with Crippen LogP contribution in [0.2, 0.25) is 0 Å². The number of halogens is 2. The van der Waals surface area contributed by atoms with E-state index in [1.54, 1.807) is 23.6 Å². The van der Waals surface area contributed by atoms with E-state index in [0.717, 1.165) is 11.1 Å². The molecule has 0 radical (unpaired) electrons. The number of thiazole rings is 1. The molecule has 2 aromatic carbocycles. The summed E-state index contributed by atoms with van der Waals surface area (Å²) in [5.74, 6) is -0.136. The molecule has 0 aliphatic rings. The smallest absolute Gasteiger partial charge is 0.387 e. The fourth-order valence-electron chi connectivity index (χ4n) is 2.48. The third-order valence-electron chi connectivity index (χ3n) is 3.74. The van der Waals surface area contributed by atoms with Gasteiger partial charge in [0.25, 0.3) is 0 Å². The van der Waals surface area contributed by atoms with E-state index in [9.17, 15) is 13.6 Å². The number of carbonyl (C=O) groups is 1. The standard InChI is InChI=1S/C19H16F2N2O2S/c1-12-6-2-3-7-13(12)10-17(24)23-19-22-15(11-26-19)14-8-4-5-9-16(14)25-18(20)21/h2-9,11,18H,10H2,1H3,(H,22,23,24). The Morgan fingerprint density at radius 1 is 1.19 bits per heavy atom. The Balaban J connectivity index is 1.73. The van der Waals surface area contributed by atoms with Crippen molar-refractivity contribution in [3.63, 3.8) is 0 Å². The largest absolute Gasteiger partial charge is 0.434 e. The van der Waals surface area contributed by atoms with Crippen molar-refractivity contribution in [3.05, 3.63) is 65.0 Å². The number of amides is 1. The van der Waals surface area contributed by atoms with Gasteiger partial charge >= 0.3 is 6.61 Å². The van der Waals surface area contributed by atoms with Crippen molar-refractivity contribution in [1.82, 2.24) is 4.98 Å². The van der Waals surface area contributed by atoms with Crippen molar-refractivity contribution >= 4 is 22.4 Å². The lowest BCUT2D eigenvalue weighted by Crippen LogP contribution is -2.14. The minimum atomic E-state index is -2.91. The van der Waals surface area contributed by atoms with Crippen molar-refractivity contribution in [2.45, 2.75) is 20.0 Å². The summed E-state index contributed by atoms with van der Waals surface area (Å²) in [4.78, 5) is 16.5. The highest BCUT2D eigenvalue weighted by Crippen LogP contribution is 2.33. The molecule has 0 aliphatic carbocycles. The van der Waals surface area contributed by atoms with Crippen LogP contribution in [0.5, 0.6) is 5.75 Å². The Kier molecular flexibility index (Phi) is 5.58. The van der Waals surface area contributed by atoms with Crippen LogP contribution in [0.3, 0.4) is 0 Å². The molecule has 26 heavy (non-hydrogen) atoms. The number of para-hydroxylation sites is 1. The number of alkyl halides is 2. The van der Waals surface area contributed by atoms with Gasteiger partial charge in [-0.2, -0.15) is 8.78 Å². The lowest BCUT2D eigenvalue weighted by Gasteiger charge is -2.08. The van der Waals surface area contributed by atoms with E-state index in [0.29, 0.717) is 16.4 Å². The number of nitrogens with zero attached hydrogens (tertiary/aromatic N) is 1. The Morgan fingerprint density at radius 3 is 2.69 bits per heavy atom. The number of rotatable bonds is 6. The topological polar surface area (TPSA) is 51.2 Å². The summed E-state index contributed by atoms with van der Waals surface area (Å²) in [5.41, 5.74) is 2.90. The maximum absolute atomic E-state index is 12.5. The minimum Gasteiger partial charge on any atom is -0.434 e. The van der Waals surface area contributed by atoms with Gasteiger partial charge in [-0.05, 0) is 30.2 Å². The summed E-state index contributed by atoms with van der Waals surface area (Å²) in [5, 5.41) is 4.85. The van der Waals surface area contributed by atoms with Gasteiger partial charge in [0.1, 0.15) is 5.75 Å². The molecule has 3 aromatic rings. The first-order valence-electron chi connectivity index (χ1n) is 7.87. The predicted octanol–water partition coefficient (Wildman–Crippen LogP) is 4.90. The van der Waals surface area contributed by atoms with Gasteiger partial charge < -0.3 is 10.1 Å². The monoisotopic (exact) mass is 374 g/mol. The molecule has 0 spiro atoms. The number of aryl methyl sites for hydroxylation is 1. The van der Waals surface area contributed by atoms with E-state index in [1.165, 1.54) is 17.4 Å². The van der Waals surface area contributed by atoms with E-state index in [1.807, 2.05) is 31.2 Å². The van der Waals surface area contributed by atoms with Crippen LogP contribution in [0.1, 0.15) is 11.1 Å². The van der Waals surface area contributed by atoms with Crippen molar-refractivity contribution in [2.24, 2.45) is 0 Å². The summed E-state index contributed by atoms with van der Waals surface area (Å²) < 4.78 is 29.6. The number of nitrogens with one attached hydrogen (secondary N) is 1. The van der Waals surface area contributed by atoms with Gasteiger partial charge in [0.15, 0.2) is 5.13 Å². The fraction of sp³-hybridized carbons (Fsp3) is 0.158. The second kappa shape index (κ2) is 8.05. The van der Waals surface area contributed by atoms with E-state index in [4.69, 9.17) is 0 Å². The molecule has 0 aliphatic heterocycles. The van der Waals surface area contributed by atoms with E-state index < -0.39 is 6.61 Å². The van der Waals surface area contributed by atoms with Crippen LogP contribution in [0, 0.1) is 6.92 Å². The summed E-state index contributed by atoms with van der Waals surface area (Å²) in [7, 11) is 0. The van der Waals surface area contributed by atoms with E-state index in [-0.39, 0.29) is 18.1 Å². The first-order chi connectivity index (χ1) is 12.5. The fourth-order valence-corrected chi connectivity index (χ4v) is 3.20. The normalized spacial score (nSPS) is 10.8. The third kappa shape index (κ3) is 4.43. The molecule has 1 heterocycles. The molecule has 7 heteroatoms. The summed E-state index contributed by atoms with van der Waals surface area (Å²) in [6.07, 6.45) is 0.243. The average Bonchev–Trinajstić information content (AvgIpc) is 3.05. The molecule has 0 unspecified atom stereocenters. The Morgan fingerprint density at radius 2 is 1.92 bits per heavy atom. The minimum absolute atomic E-state index is 0.0468. The molecule has 0 bridgehead atoms. The van der Waals surface area contributed by atoms with Crippen molar-refractivity contribution in [3.8, 4) is 17.0 Å². The van der Waals surface area contributed by atoms with Gasteiger partial charge in [-0.15, -0.1) is 11.3 Å². The van der Waals surface area contributed by atoms with Gasteiger partial charge in [-0.1, -0.05) is 36.4 Å². The average molecular weight is 374 g/mol. The van der Waals surface area contributed by atoms with Crippen LogP contribution >= 0.6 is 11.3 Å². The number of hydrogen-bond acceptors (Lipinski definition) is 4. The first-order valence-corrected chi connectivity index (χ1v) is 8.75. The molecule has 0 fully saturated rings. The maximum atomic E-state index is 12.5. The number of carbonyl (C=O) groups excluding carboxylic acids is 1. The zero-order chi connectivity index (χ0) is 18.5. The second-order valence-corrected chi connectivity index (χ2v) is 6.42. The van der Waals surface area contributed by atoms with Crippen LogP contribution in [-0.4, -0.2) is 17.5 Å². The van der Waals surface area contributed by atoms with Crippen LogP contribution < -0.4 is 10.1 Å². The number of aromatic nitrogens is 1. The molecule has 0 saturated heterocycles. The molecular weight excluding hydrogens is 358 g/mol. The van der Waals surface area contributed by atoms with E-state index >= 15 is 0 Å². The Labute approximate surface area is 153 Å². The summed E-state index contributed by atoms with van der Waals surface area (Å²) >= 11 is 1.23. The van der Waals surface area contributed by atoms with Gasteiger partial charge in [-0.3, -0.25) is 4.79 Å². The molecule has 0 atom stereocenters. The highest BCUT2D eigenvalue weighted by atomic mass is 32.1. The van der Waals surface area contributed by atoms with Gasteiger partial charge in [0.2, 0.25) is 5.91 Å². The Hall–Kier alpha value is -2.80. The second-order valence-electron chi connectivity index (χ2n) is 5.56. The molecule has 1 amide bonds. The lowest BCUT2D eigenvalue weighted by molar-refractivity contribution is -0.115. The van der Waals surface area contributed by atoms with Crippen molar-refractivity contribution < 1.29 is 18.3 Å². The van der Waals surface area contributed by atoms with Crippen LogP contribution in [0.15, 0.2) is 53.9 Å². The summed E-state index contributed by atoms with van der Waals surface area (Å²) in [6, 6.07) is 14.1. The van der Waals surface area contributed by atoms with Crippen LogP contribution in [0.4, 0.5) is 13.9 Å². The van der Waals surface area contributed by atoms with Crippen LogP contribution in [-0.2, 0) is 11.2 Å². The van der Waals surface area contributed by atoms with Crippen molar-refractivity contribution in [1.29, 1.82) is 0 Å². The van der Waals surface area contributed by atoms with Gasteiger partial charge in [-0.25, -0.2) is 4.98 Å². The molecule has 0 saturated carbocycles. The van der Waals surface area contributed by atoms with Gasteiger partial charge in [0.05, 0.1) is 12.1 Å². The third-order valence-corrected chi connectivity index (χ3v) is 4.50. The number of anilines is 1. The summed E-state index contributed by atoms with van der Waals surface area (Å²) in [6.45, 7) is -0.965. The zero-order valence-electron chi connectivity index (χ0n) is 13.9. The number of benzene rings is 2. The van der Waals surface area contributed by atoms with E-state index in [2.05, 4.69) is 15.0 Å². The highest BCUT2D eigenvalue weighted by Gasteiger charge is 2.14. The number of ether oxygens (including phenoxy) is 1. The first kappa shape index (κ1) is 18.0. The highest BCUT2D eigenvalue weighted by molar-refractivity contribution is 7.14. The molecule has 4 nitrogen and oxygen atoms in total. The SMILES string of the molecule is Cc1ccccc1CC(=O)Nc1nc(-c2ccccc2OC(F)F)cs1. The van der Waals surface area contributed by atoms with Gasteiger partial charge in [0, 0.05) is 10.9 Å². The zero-order valence-corrected chi connectivity index (χ0v) is 14.7. The molecule has 134 valence electrons. The van der Waals surface area contributed by atoms with Crippen molar-refractivity contribution in [2.75, 3.05) is 5.32 Å². The lowest BCUT2D eigenvalue weighted by atomic mass is 10.1. The Bertz CT molecular complexity index is 912. The molecule has 3 rings (SSSR count). The van der Waals surface area contributed by atoms with Crippen LogP contribution in [0.25, 0.3) is 11.3 Å². The molecular formula is C19H16F2N2O2S. The molecule has 1 N–H and O–H groups in total. The number of hydrogen-bond donors (Lipinski definition) is 1. The molecule has 1 aromatic heterocycles.